The quantitative estimate of drug-likeness (QED) is 0.754. The number of rotatable bonds is 1. The van der Waals surface area contributed by atoms with Gasteiger partial charge in [-0.2, -0.15) is 0 Å². The summed E-state index contributed by atoms with van der Waals surface area (Å²) < 4.78 is 0. The predicted molar refractivity (Wildman–Crippen MR) is 63.6 cm³/mol. The van der Waals surface area contributed by atoms with E-state index in [-0.39, 0.29) is 11.8 Å². The summed E-state index contributed by atoms with van der Waals surface area (Å²) in [5.74, 6) is -0.443. The Kier molecular flexibility index (Phi) is 2.56. The molecule has 0 bridgehead atoms. The molecule has 2 unspecified atom stereocenters. The van der Waals surface area contributed by atoms with Gasteiger partial charge in [-0.3, -0.25) is 14.5 Å². The van der Waals surface area contributed by atoms with Crippen LogP contribution in [0.5, 0.6) is 0 Å². The predicted octanol–water partition coefficient (Wildman–Crippen LogP) is 0.412. The molecule has 0 radical (unpaired) electrons. The largest absolute Gasteiger partial charge is 0.369 e. The maximum atomic E-state index is 12.2. The minimum Gasteiger partial charge on any atom is -0.369 e. The molecule has 0 spiro atoms. The molecule has 5 nitrogen and oxygen atoms in total. The van der Waals surface area contributed by atoms with Gasteiger partial charge in [0.2, 0.25) is 5.91 Å². The zero-order valence-electron chi connectivity index (χ0n) is 9.80. The van der Waals surface area contributed by atoms with Gasteiger partial charge in [0.15, 0.2) is 6.23 Å². The number of fused-ring (bicyclic) bond motifs is 1. The van der Waals surface area contributed by atoms with Crippen molar-refractivity contribution in [1.82, 2.24) is 10.2 Å². The van der Waals surface area contributed by atoms with Crippen LogP contribution in [0.2, 0.25) is 0 Å². The van der Waals surface area contributed by atoms with Crippen molar-refractivity contribution in [2.45, 2.75) is 25.1 Å². The van der Waals surface area contributed by atoms with E-state index in [1.807, 2.05) is 0 Å². The summed E-state index contributed by atoms with van der Waals surface area (Å²) in [4.78, 5) is 25.3. The summed E-state index contributed by atoms with van der Waals surface area (Å²) in [6.45, 7) is 0.639. The number of hydrogen-bond donors (Lipinski definition) is 2. The van der Waals surface area contributed by atoms with E-state index in [1.54, 1.807) is 24.3 Å². The lowest BCUT2D eigenvalue weighted by Crippen LogP contribution is -2.51. The molecule has 2 aliphatic heterocycles. The Balaban J connectivity index is 1.96. The maximum absolute atomic E-state index is 12.2. The molecule has 2 N–H and O–H groups in total. The van der Waals surface area contributed by atoms with E-state index in [0.29, 0.717) is 24.1 Å². The van der Waals surface area contributed by atoms with Gasteiger partial charge >= 0.3 is 0 Å². The summed E-state index contributed by atoms with van der Waals surface area (Å²) in [5.41, 5.74) is 1.07. The minimum absolute atomic E-state index is 0.179. The number of piperidine rings is 1. The van der Waals surface area contributed by atoms with Crippen molar-refractivity contribution in [2.24, 2.45) is 0 Å². The average Bonchev–Trinajstić information content (AvgIpc) is 2.64. The van der Waals surface area contributed by atoms with Crippen molar-refractivity contribution in [1.29, 1.82) is 0 Å². The number of nitrogens with one attached hydrogen (secondary N) is 1. The van der Waals surface area contributed by atoms with Gasteiger partial charge in [0.1, 0.15) is 6.04 Å². The number of amides is 2. The Hall–Kier alpha value is -1.88. The van der Waals surface area contributed by atoms with Crippen LogP contribution >= 0.6 is 0 Å². The third kappa shape index (κ3) is 1.51. The van der Waals surface area contributed by atoms with E-state index in [4.69, 9.17) is 0 Å². The number of aliphatic hydroxyl groups is 1. The van der Waals surface area contributed by atoms with Gasteiger partial charge in [-0.25, -0.2) is 0 Å². The molecule has 0 aromatic heterocycles. The first-order chi connectivity index (χ1) is 8.70. The summed E-state index contributed by atoms with van der Waals surface area (Å²) in [6, 6.07) is 6.38. The fraction of sp³-hybridized carbons (Fsp3) is 0.385. The lowest BCUT2D eigenvalue weighted by molar-refractivity contribution is -0.131. The molecule has 0 aliphatic carbocycles. The summed E-state index contributed by atoms with van der Waals surface area (Å²) in [7, 11) is 0. The van der Waals surface area contributed by atoms with Crippen molar-refractivity contribution in [2.75, 3.05) is 6.54 Å². The molecule has 1 aromatic rings. The van der Waals surface area contributed by atoms with Crippen LogP contribution in [0.25, 0.3) is 0 Å². The zero-order valence-corrected chi connectivity index (χ0v) is 9.80. The average molecular weight is 246 g/mol. The van der Waals surface area contributed by atoms with Crippen molar-refractivity contribution in [3.05, 3.63) is 35.4 Å². The van der Waals surface area contributed by atoms with Gasteiger partial charge in [-0.05, 0) is 18.9 Å². The first-order valence-corrected chi connectivity index (χ1v) is 6.07. The minimum atomic E-state index is -1.01. The summed E-state index contributed by atoms with van der Waals surface area (Å²) >= 11 is 0. The number of carbonyl (C=O) groups is 2. The highest BCUT2D eigenvalue weighted by Crippen LogP contribution is 2.34. The van der Waals surface area contributed by atoms with Gasteiger partial charge < -0.3 is 10.4 Å². The van der Waals surface area contributed by atoms with Gasteiger partial charge in [-0.15, -0.1) is 0 Å². The standard InChI is InChI=1S/C13H14N2O3/c16-11-10(6-3-7-14-11)15-12(17)8-4-1-2-5-9(8)13(15)18/h1-2,4-5,10,12,17H,3,6-7H2,(H,14,16). The van der Waals surface area contributed by atoms with E-state index in [2.05, 4.69) is 5.32 Å². The van der Waals surface area contributed by atoms with E-state index < -0.39 is 12.3 Å². The molecule has 3 rings (SSSR count). The second-order valence-electron chi connectivity index (χ2n) is 4.62. The molecule has 1 saturated heterocycles. The number of carbonyl (C=O) groups excluding carboxylic acids is 2. The normalized spacial score (nSPS) is 27.1. The molecule has 18 heavy (non-hydrogen) atoms. The van der Waals surface area contributed by atoms with Crippen LogP contribution in [0.4, 0.5) is 0 Å². The van der Waals surface area contributed by atoms with Crippen LogP contribution in [0.1, 0.15) is 35.0 Å². The smallest absolute Gasteiger partial charge is 0.257 e. The second-order valence-corrected chi connectivity index (χ2v) is 4.62. The Morgan fingerprint density at radius 3 is 2.78 bits per heavy atom. The lowest BCUT2D eigenvalue weighted by atomic mass is 10.1. The molecule has 94 valence electrons. The van der Waals surface area contributed by atoms with Gasteiger partial charge in [0, 0.05) is 17.7 Å². The van der Waals surface area contributed by atoms with Gasteiger partial charge in [0.05, 0.1) is 0 Å². The van der Waals surface area contributed by atoms with Gasteiger partial charge in [-0.1, -0.05) is 18.2 Å². The first-order valence-electron chi connectivity index (χ1n) is 6.07. The molecular formula is C13H14N2O3. The molecule has 0 saturated carbocycles. The highest BCUT2D eigenvalue weighted by Gasteiger charge is 2.42. The molecule has 1 aromatic carbocycles. The van der Waals surface area contributed by atoms with E-state index in [1.165, 1.54) is 4.90 Å². The third-order valence-electron chi connectivity index (χ3n) is 3.56. The van der Waals surface area contributed by atoms with Crippen LogP contribution in [-0.4, -0.2) is 34.4 Å². The number of nitrogens with zero attached hydrogens (tertiary/aromatic N) is 1. The van der Waals surface area contributed by atoms with Crippen LogP contribution in [0.3, 0.4) is 0 Å². The monoisotopic (exact) mass is 246 g/mol. The fourth-order valence-electron chi connectivity index (χ4n) is 2.65. The Morgan fingerprint density at radius 1 is 1.28 bits per heavy atom. The van der Waals surface area contributed by atoms with Crippen molar-refractivity contribution in [3.8, 4) is 0 Å². The summed E-state index contributed by atoms with van der Waals surface area (Å²) in [5, 5.41) is 12.9. The second kappa shape index (κ2) is 4.10. The molecule has 2 aliphatic rings. The Morgan fingerprint density at radius 2 is 2.06 bits per heavy atom. The molecule has 1 fully saturated rings. The summed E-state index contributed by atoms with van der Waals surface area (Å²) in [6.07, 6.45) is 0.411. The first kappa shape index (κ1) is 11.2. The Labute approximate surface area is 104 Å². The topological polar surface area (TPSA) is 69.6 Å². The van der Waals surface area contributed by atoms with E-state index in [0.717, 1.165) is 6.42 Å². The van der Waals surface area contributed by atoms with Gasteiger partial charge in [0.25, 0.3) is 5.91 Å². The molecule has 2 atom stereocenters. The Bertz CT molecular complexity index is 515. The van der Waals surface area contributed by atoms with Crippen LogP contribution in [-0.2, 0) is 4.79 Å². The molecular weight excluding hydrogens is 232 g/mol. The van der Waals surface area contributed by atoms with Crippen molar-refractivity contribution in [3.63, 3.8) is 0 Å². The molecule has 2 amide bonds. The SMILES string of the molecule is O=C1NCCCC1N1C(=O)c2ccccc2C1O. The number of hydrogen-bond acceptors (Lipinski definition) is 3. The maximum Gasteiger partial charge on any atom is 0.257 e. The molecule has 5 heteroatoms. The lowest BCUT2D eigenvalue weighted by Gasteiger charge is -2.32. The van der Waals surface area contributed by atoms with Crippen LogP contribution in [0.15, 0.2) is 24.3 Å². The van der Waals surface area contributed by atoms with Crippen molar-refractivity contribution < 1.29 is 14.7 Å². The van der Waals surface area contributed by atoms with Crippen LogP contribution in [0, 0.1) is 0 Å². The zero-order chi connectivity index (χ0) is 12.7. The van der Waals surface area contributed by atoms with E-state index in [9.17, 15) is 14.7 Å². The van der Waals surface area contributed by atoms with E-state index >= 15 is 0 Å². The van der Waals surface area contributed by atoms with Crippen molar-refractivity contribution >= 4 is 11.8 Å². The third-order valence-corrected chi connectivity index (χ3v) is 3.56. The highest BCUT2D eigenvalue weighted by molar-refractivity contribution is 6.01. The fourth-order valence-corrected chi connectivity index (χ4v) is 2.65. The molecule has 2 heterocycles. The highest BCUT2D eigenvalue weighted by atomic mass is 16.3. The number of aliphatic hydroxyl groups excluding tert-OH is 1. The number of benzene rings is 1. The van der Waals surface area contributed by atoms with Crippen LogP contribution < -0.4 is 5.32 Å².